The first kappa shape index (κ1) is 20.8. The van der Waals surface area contributed by atoms with E-state index in [1.807, 2.05) is 36.9 Å². The molecule has 1 aromatic carbocycles. The highest BCUT2D eigenvalue weighted by molar-refractivity contribution is 5.29. The predicted octanol–water partition coefficient (Wildman–Crippen LogP) is 3.11. The predicted molar refractivity (Wildman–Crippen MR) is 123 cm³/mol. The van der Waals surface area contributed by atoms with E-state index < -0.39 is 0 Å². The van der Waals surface area contributed by atoms with Gasteiger partial charge in [-0.25, -0.2) is 9.97 Å². The lowest BCUT2D eigenvalue weighted by molar-refractivity contribution is 0.114. The number of hydrogen-bond acceptors (Lipinski definition) is 6. The van der Waals surface area contributed by atoms with Crippen LogP contribution in [0.4, 0.5) is 0 Å². The van der Waals surface area contributed by atoms with Crippen LogP contribution in [0.5, 0.6) is 11.8 Å². The lowest BCUT2D eigenvalue weighted by atomic mass is 9.83. The van der Waals surface area contributed by atoms with Gasteiger partial charge in [0.1, 0.15) is 5.75 Å². The topological polar surface area (TPSA) is 63.5 Å². The Kier molecular flexibility index (Phi) is 5.76. The Morgan fingerprint density at radius 2 is 1.81 bits per heavy atom. The van der Waals surface area contributed by atoms with Crippen molar-refractivity contribution in [2.75, 3.05) is 27.2 Å². The Morgan fingerprint density at radius 3 is 2.56 bits per heavy atom. The van der Waals surface area contributed by atoms with Crippen LogP contribution in [0, 0.1) is 5.92 Å². The van der Waals surface area contributed by atoms with Gasteiger partial charge in [0.2, 0.25) is 0 Å². The van der Waals surface area contributed by atoms with Crippen molar-refractivity contribution in [2.45, 2.75) is 32.0 Å². The molecule has 3 aromatic rings. The number of aromatic nitrogens is 3. The first-order valence-electron chi connectivity index (χ1n) is 11.2. The summed E-state index contributed by atoms with van der Waals surface area (Å²) >= 11 is 0. The van der Waals surface area contributed by atoms with Crippen molar-refractivity contribution in [3.63, 3.8) is 0 Å². The van der Waals surface area contributed by atoms with Crippen LogP contribution in [0.15, 0.2) is 59.7 Å². The van der Waals surface area contributed by atoms with Gasteiger partial charge in [0.05, 0.1) is 0 Å². The highest BCUT2D eigenvalue weighted by atomic mass is 16.5. The molecule has 0 saturated carbocycles. The van der Waals surface area contributed by atoms with Crippen LogP contribution in [-0.2, 0) is 19.6 Å². The number of rotatable bonds is 6. The summed E-state index contributed by atoms with van der Waals surface area (Å²) in [5.41, 5.74) is 3.53. The first-order chi connectivity index (χ1) is 15.5. The van der Waals surface area contributed by atoms with Crippen LogP contribution >= 0.6 is 0 Å². The van der Waals surface area contributed by atoms with E-state index in [-0.39, 0.29) is 5.56 Å². The second-order valence-corrected chi connectivity index (χ2v) is 9.21. The Bertz CT molecular complexity index is 1130. The van der Waals surface area contributed by atoms with Crippen LogP contribution in [0.25, 0.3) is 0 Å². The van der Waals surface area contributed by atoms with Gasteiger partial charge < -0.3 is 14.2 Å². The fraction of sp³-hybridized carbons (Fsp3) is 0.400. The number of fused-ring (bicyclic) bond motifs is 4. The molecule has 7 heteroatoms. The van der Waals surface area contributed by atoms with Crippen LogP contribution in [0.3, 0.4) is 0 Å². The molecule has 0 amide bonds. The van der Waals surface area contributed by atoms with E-state index in [4.69, 9.17) is 4.74 Å². The Hall–Kier alpha value is -3.03. The molecule has 166 valence electrons. The third-order valence-electron chi connectivity index (χ3n) is 6.33. The Balaban J connectivity index is 1.26. The van der Waals surface area contributed by atoms with E-state index in [0.29, 0.717) is 24.4 Å². The zero-order valence-electron chi connectivity index (χ0n) is 18.6. The number of ether oxygens (including phenoxy) is 1. The molecule has 32 heavy (non-hydrogen) atoms. The molecule has 1 saturated heterocycles. The summed E-state index contributed by atoms with van der Waals surface area (Å²) in [6.07, 6.45) is 4.51. The SMILES string of the molecule is CN(C)Cc1ccc2n(c1=O)C[C@H]1C[C@@H]2CN(Cc2ccc(Oc3ncccn3)cc2)C1. The largest absolute Gasteiger partial charge is 0.424 e. The smallest absolute Gasteiger partial charge is 0.321 e. The molecule has 4 heterocycles. The van der Waals surface area contributed by atoms with Gasteiger partial charge in [-0.2, -0.15) is 0 Å². The van der Waals surface area contributed by atoms with Gasteiger partial charge in [-0.15, -0.1) is 0 Å². The highest BCUT2D eigenvalue weighted by Gasteiger charge is 2.34. The van der Waals surface area contributed by atoms with Crippen molar-refractivity contribution in [1.82, 2.24) is 24.3 Å². The third kappa shape index (κ3) is 4.45. The zero-order valence-corrected chi connectivity index (χ0v) is 18.6. The van der Waals surface area contributed by atoms with Crippen LogP contribution < -0.4 is 10.3 Å². The van der Waals surface area contributed by atoms with Crippen molar-refractivity contribution in [3.05, 3.63) is 82.0 Å². The highest BCUT2D eigenvalue weighted by Crippen LogP contribution is 2.35. The molecule has 7 nitrogen and oxygen atoms in total. The molecule has 0 N–H and O–H groups in total. The van der Waals surface area contributed by atoms with Crippen molar-refractivity contribution >= 4 is 0 Å². The van der Waals surface area contributed by atoms with Crippen LogP contribution in [0.1, 0.15) is 29.2 Å². The van der Waals surface area contributed by atoms with Gasteiger partial charge >= 0.3 is 6.01 Å². The van der Waals surface area contributed by atoms with Crippen LogP contribution in [-0.4, -0.2) is 51.5 Å². The molecule has 0 unspecified atom stereocenters. The van der Waals surface area contributed by atoms with E-state index in [1.165, 1.54) is 17.7 Å². The monoisotopic (exact) mass is 431 g/mol. The summed E-state index contributed by atoms with van der Waals surface area (Å²) in [7, 11) is 4.01. The molecule has 0 radical (unpaired) electrons. The van der Waals surface area contributed by atoms with E-state index in [0.717, 1.165) is 37.5 Å². The number of hydrogen-bond donors (Lipinski definition) is 0. The second kappa shape index (κ2) is 8.84. The molecule has 0 aliphatic carbocycles. The minimum atomic E-state index is 0.192. The minimum absolute atomic E-state index is 0.192. The lowest BCUT2D eigenvalue weighted by Crippen LogP contribution is -2.47. The van der Waals surface area contributed by atoms with Gasteiger partial charge in [-0.05, 0) is 56.3 Å². The molecule has 1 fully saturated rings. The van der Waals surface area contributed by atoms with E-state index in [2.05, 4.69) is 38.0 Å². The van der Waals surface area contributed by atoms with E-state index in [9.17, 15) is 4.79 Å². The van der Waals surface area contributed by atoms with Gasteiger partial charge in [0.15, 0.2) is 0 Å². The molecular formula is C25H29N5O2. The average molecular weight is 432 g/mol. The van der Waals surface area contributed by atoms with Gasteiger partial charge in [-0.3, -0.25) is 9.69 Å². The summed E-state index contributed by atoms with van der Waals surface area (Å²) < 4.78 is 7.75. The van der Waals surface area contributed by atoms with Gasteiger partial charge in [-0.1, -0.05) is 18.2 Å². The van der Waals surface area contributed by atoms with Crippen LogP contribution in [0.2, 0.25) is 0 Å². The minimum Gasteiger partial charge on any atom is -0.424 e. The Labute approximate surface area is 188 Å². The van der Waals surface area contributed by atoms with Crippen molar-refractivity contribution in [2.24, 2.45) is 5.92 Å². The maximum Gasteiger partial charge on any atom is 0.321 e. The lowest BCUT2D eigenvalue weighted by Gasteiger charge is -2.43. The standard InChI is InChI=1S/C25H29N5O2/c1-28(2)16-20-6-9-23-21-12-19(15-30(23)24(20)31)14-29(17-21)13-18-4-7-22(8-5-18)32-25-26-10-3-11-27-25/h3-11,19,21H,12-17H2,1-2H3/t19-,21+/m0/s1. The third-order valence-corrected chi connectivity index (χ3v) is 6.33. The summed E-state index contributed by atoms with van der Waals surface area (Å²) in [4.78, 5) is 25.8. The number of pyridine rings is 1. The summed E-state index contributed by atoms with van der Waals surface area (Å²) in [5, 5.41) is 0. The summed E-state index contributed by atoms with van der Waals surface area (Å²) in [6, 6.07) is 14.5. The number of likely N-dealkylation sites (tertiary alicyclic amines) is 1. The molecule has 0 spiro atoms. The maximum absolute atomic E-state index is 13.0. The van der Waals surface area contributed by atoms with Gasteiger partial charge in [0, 0.05) is 62.3 Å². The van der Waals surface area contributed by atoms with Crippen molar-refractivity contribution < 1.29 is 4.74 Å². The normalized spacial score (nSPS) is 20.2. The maximum atomic E-state index is 13.0. The number of piperidine rings is 1. The van der Waals surface area contributed by atoms with Crippen molar-refractivity contribution in [1.29, 1.82) is 0 Å². The zero-order chi connectivity index (χ0) is 22.1. The fourth-order valence-corrected chi connectivity index (χ4v) is 5.04. The quantitative estimate of drug-likeness (QED) is 0.598. The van der Waals surface area contributed by atoms with E-state index >= 15 is 0 Å². The first-order valence-corrected chi connectivity index (χ1v) is 11.2. The molecular weight excluding hydrogens is 402 g/mol. The molecule has 2 aromatic heterocycles. The average Bonchev–Trinajstić information content (AvgIpc) is 2.78. The number of benzene rings is 1. The molecule has 2 atom stereocenters. The summed E-state index contributed by atoms with van der Waals surface area (Å²) in [5.74, 6) is 1.67. The Morgan fingerprint density at radius 1 is 1.03 bits per heavy atom. The van der Waals surface area contributed by atoms with E-state index in [1.54, 1.807) is 18.5 Å². The molecule has 2 bridgehead atoms. The molecule has 5 rings (SSSR count). The fourth-order valence-electron chi connectivity index (χ4n) is 5.04. The van der Waals surface area contributed by atoms with Crippen molar-refractivity contribution in [3.8, 4) is 11.8 Å². The number of nitrogens with zero attached hydrogens (tertiary/aromatic N) is 5. The van der Waals surface area contributed by atoms with Gasteiger partial charge in [0.25, 0.3) is 5.56 Å². The molecule has 2 aliphatic rings. The second-order valence-electron chi connectivity index (χ2n) is 9.21. The molecule has 2 aliphatic heterocycles. The summed E-state index contributed by atoms with van der Waals surface area (Å²) in [6.45, 7) is 4.43.